The molecule has 0 aliphatic carbocycles. The zero-order valence-corrected chi connectivity index (χ0v) is 15.3. The number of anilines is 2. The summed E-state index contributed by atoms with van der Waals surface area (Å²) in [6, 6.07) is 4.20. The van der Waals surface area contributed by atoms with Crippen LogP contribution in [0, 0.1) is 0 Å². The SMILES string of the molecule is CC(=O)Nc1ccc(NS(C)(=O)=O)c(C(=O)NCCSCC(=O)O)c1. The molecule has 0 heterocycles. The molecule has 11 heteroatoms. The lowest BCUT2D eigenvalue weighted by Crippen LogP contribution is -2.27. The van der Waals surface area contributed by atoms with Crippen LogP contribution in [-0.4, -0.2) is 55.6 Å². The Bertz CT molecular complexity index is 764. The van der Waals surface area contributed by atoms with E-state index in [1.165, 1.54) is 25.1 Å². The molecule has 0 radical (unpaired) electrons. The molecule has 0 spiro atoms. The van der Waals surface area contributed by atoms with E-state index in [1.54, 1.807) is 0 Å². The van der Waals surface area contributed by atoms with E-state index >= 15 is 0 Å². The van der Waals surface area contributed by atoms with Crippen LogP contribution in [0.25, 0.3) is 0 Å². The van der Waals surface area contributed by atoms with Gasteiger partial charge in [-0.15, -0.1) is 11.8 Å². The van der Waals surface area contributed by atoms with Crippen LogP contribution in [0.5, 0.6) is 0 Å². The van der Waals surface area contributed by atoms with Crippen molar-refractivity contribution in [1.29, 1.82) is 0 Å². The Balaban J connectivity index is 2.89. The molecule has 2 amide bonds. The first-order chi connectivity index (χ1) is 11.6. The highest BCUT2D eigenvalue weighted by Crippen LogP contribution is 2.21. The lowest BCUT2D eigenvalue weighted by Gasteiger charge is -2.13. The number of carboxylic acids is 1. The molecule has 0 aliphatic heterocycles. The fourth-order valence-corrected chi connectivity index (χ4v) is 2.94. The van der Waals surface area contributed by atoms with E-state index in [1.807, 2.05) is 0 Å². The van der Waals surface area contributed by atoms with E-state index in [-0.39, 0.29) is 29.5 Å². The first-order valence-corrected chi connectivity index (χ1v) is 10.1. The van der Waals surface area contributed by atoms with Crippen molar-refractivity contribution in [3.8, 4) is 0 Å². The van der Waals surface area contributed by atoms with Gasteiger partial charge in [0, 0.05) is 24.9 Å². The molecule has 0 fully saturated rings. The summed E-state index contributed by atoms with van der Waals surface area (Å²) in [5, 5.41) is 13.6. The lowest BCUT2D eigenvalue weighted by atomic mass is 10.1. The van der Waals surface area contributed by atoms with Crippen LogP contribution >= 0.6 is 11.8 Å². The van der Waals surface area contributed by atoms with Gasteiger partial charge >= 0.3 is 5.97 Å². The van der Waals surface area contributed by atoms with Crippen molar-refractivity contribution < 1.29 is 27.9 Å². The molecule has 1 aromatic carbocycles. The minimum Gasteiger partial charge on any atom is -0.481 e. The summed E-state index contributed by atoms with van der Waals surface area (Å²) >= 11 is 1.14. The molecule has 0 atom stereocenters. The largest absolute Gasteiger partial charge is 0.481 e. The molecule has 25 heavy (non-hydrogen) atoms. The van der Waals surface area contributed by atoms with E-state index in [0.29, 0.717) is 11.4 Å². The van der Waals surface area contributed by atoms with Crippen LogP contribution in [0.3, 0.4) is 0 Å². The Morgan fingerprint density at radius 2 is 1.92 bits per heavy atom. The Labute approximate surface area is 149 Å². The number of nitrogens with one attached hydrogen (secondary N) is 3. The number of amides is 2. The van der Waals surface area contributed by atoms with Crippen molar-refractivity contribution >= 4 is 50.9 Å². The molecular weight excluding hydrogens is 370 g/mol. The van der Waals surface area contributed by atoms with Crippen LogP contribution in [0.4, 0.5) is 11.4 Å². The third-order valence-electron chi connectivity index (χ3n) is 2.64. The first-order valence-electron chi connectivity index (χ1n) is 7.05. The highest BCUT2D eigenvalue weighted by atomic mass is 32.2. The Morgan fingerprint density at radius 1 is 1.24 bits per heavy atom. The second-order valence-corrected chi connectivity index (χ2v) is 7.87. The second-order valence-electron chi connectivity index (χ2n) is 5.02. The van der Waals surface area contributed by atoms with E-state index in [9.17, 15) is 22.8 Å². The van der Waals surface area contributed by atoms with E-state index in [0.717, 1.165) is 18.0 Å². The molecule has 1 aromatic rings. The van der Waals surface area contributed by atoms with Crippen molar-refractivity contribution in [1.82, 2.24) is 5.32 Å². The van der Waals surface area contributed by atoms with Crippen molar-refractivity contribution in [2.24, 2.45) is 0 Å². The summed E-state index contributed by atoms with van der Waals surface area (Å²) < 4.78 is 25.1. The van der Waals surface area contributed by atoms with Gasteiger partial charge in [0.05, 0.1) is 23.3 Å². The minimum absolute atomic E-state index is 0.0416. The van der Waals surface area contributed by atoms with E-state index < -0.39 is 21.9 Å². The summed E-state index contributed by atoms with van der Waals surface area (Å²) in [5.74, 6) is -1.51. The van der Waals surface area contributed by atoms with Gasteiger partial charge in [-0.25, -0.2) is 8.42 Å². The molecule has 4 N–H and O–H groups in total. The monoisotopic (exact) mass is 389 g/mol. The number of benzene rings is 1. The van der Waals surface area contributed by atoms with Gasteiger partial charge in [-0.05, 0) is 18.2 Å². The number of rotatable bonds is 9. The molecule has 9 nitrogen and oxygen atoms in total. The summed E-state index contributed by atoms with van der Waals surface area (Å²) in [5.41, 5.74) is 0.462. The predicted molar refractivity (Wildman–Crippen MR) is 96.5 cm³/mol. The fourth-order valence-electron chi connectivity index (χ4n) is 1.79. The van der Waals surface area contributed by atoms with E-state index in [2.05, 4.69) is 15.4 Å². The molecule has 138 valence electrons. The topological polar surface area (TPSA) is 142 Å². The number of hydrogen-bond donors (Lipinski definition) is 4. The summed E-state index contributed by atoms with van der Waals surface area (Å²) in [6.45, 7) is 1.52. The maximum absolute atomic E-state index is 12.3. The van der Waals surface area contributed by atoms with Gasteiger partial charge in [-0.2, -0.15) is 0 Å². The smallest absolute Gasteiger partial charge is 0.313 e. The number of carboxylic acid groups (broad SMARTS) is 1. The minimum atomic E-state index is -3.59. The zero-order valence-electron chi connectivity index (χ0n) is 13.7. The van der Waals surface area contributed by atoms with Gasteiger partial charge in [0.2, 0.25) is 15.9 Å². The van der Waals surface area contributed by atoms with Crippen LogP contribution in [0.15, 0.2) is 18.2 Å². The normalized spacial score (nSPS) is 10.8. The first kappa shape index (κ1) is 20.8. The number of sulfonamides is 1. The average Bonchev–Trinajstić information content (AvgIpc) is 2.46. The van der Waals surface area contributed by atoms with Gasteiger partial charge in [0.15, 0.2) is 0 Å². The van der Waals surface area contributed by atoms with Crippen LogP contribution in [-0.2, 0) is 19.6 Å². The second kappa shape index (κ2) is 9.28. The maximum Gasteiger partial charge on any atom is 0.313 e. The number of aliphatic carboxylic acids is 1. The zero-order chi connectivity index (χ0) is 19.0. The van der Waals surface area contributed by atoms with Gasteiger partial charge in [-0.3, -0.25) is 19.1 Å². The van der Waals surface area contributed by atoms with Crippen molar-refractivity contribution in [3.63, 3.8) is 0 Å². The predicted octanol–water partition coefficient (Wildman–Crippen LogP) is 0.564. The third kappa shape index (κ3) is 8.40. The van der Waals surface area contributed by atoms with Crippen LogP contribution in [0.2, 0.25) is 0 Å². The molecule has 1 rings (SSSR count). The molecule has 0 bridgehead atoms. The Morgan fingerprint density at radius 3 is 2.48 bits per heavy atom. The number of carbonyl (C=O) groups is 3. The highest BCUT2D eigenvalue weighted by Gasteiger charge is 2.15. The summed E-state index contributed by atoms with van der Waals surface area (Å²) in [4.78, 5) is 33.8. The summed E-state index contributed by atoms with van der Waals surface area (Å²) in [7, 11) is -3.59. The fraction of sp³-hybridized carbons (Fsp3) is 0.357. The number of carbonyl (C=O) groups excluding carboxylic acids is 2. The van der Waals surface area contributed by atoms with Crippen LogP contribution < -0.4 is 15.4 Å². The van der Waals surface area contributed by atoms with Crippen molar-refractivity contribution in [2.75, 3.05) is 34.3 Å². The van der Waals surface area contributed by atoms with Gasteiger partial charge in [0.25, 0.3) is 5.91 Å². The average molecular weight is 389 g/mol. The third-order valence-corrected chi connectivity index (χ3v) is 4.17. The standard InChI is InChI=1S/C14H19N3O6S2/c1-9(18)16-10-3-4-12(17-25(2,22)23)11(7-10)14(21)15-5-6-24-8-13(19)20/h3-4,7,17H,5-6,8H2,1-2H3,(H,15,21)(H,16,18)(H,19,20). The summed E-state index contributed by atoms with van der Waals surface area (Å²) in [6.07, 6.45) is 0.957. The molecule has 0 saturated heterocycles. The highest BCUT2D eigenvalue weighted by molar-refractivity contribution is 7.99. The molecule has 0 aliphatic rings. The molecular formula is C14H19N3O6S2. The number of thioether (sulfide) groups is 1. The Hall–Kier alpha value is -2.27. The molecule has 0 aromatic heterocycles. The molecule has 0 unspecified atom stereocenters. The van der Waals surface area contributed by atoms with Gasteiger partial charge in [-0.1, -0.05) is 0 Å². The quantitative estimate of drug-likeness (QED) is 0.452. The van der Waals surface area contributed by atoms with Crippen molar-refractivity contribution in [2.45, 2.75) is 6.92 Å². The van der Waals surface area contributed by atoms with Gasteiger partial charge in [0.1, 0.15) is 0 Å². The molecule has 0 saturated carbocycles. The van der Waals surface area contributed by atoms with E-state index in [4.69, 9.17) is 5.11 Å². The van der Waals surface area contributed by atoms with Crippen molar-refractivity contribution in [3.05, 3.63) is 23.8 Å². The van der Waals surface area contributed by atoms with Gasteiger partial charge < -0.3 is 15.7 Å². The Kier molecular flexibility index (Phi) is 7.71. The van der Waals surface area contributed by atoms with Crippen LogP contribution in [0.1, 0.15) is 17.3 Å². The number of hydrogen-bond acceptors (Lipinski definition) is 6. The lowest BCUT2D eigenvalue weighted by molar-refractivity contribution is -0.133. The maximum atomic E-state index is 12.3.